The first-order chi connectivity index (χ1) is 8.16. The van der Waals surface area contributed by atoms with Crippen LogP contribution < -0.4 is 0 Å². The van der Waals surface area contributed by atoms with Crippen molar-refractivity contribution in [3.05, 3.63) is 23.9 Å². The van der Waals surface area contributed by atoms with Crippen molar-refractivity contribution in [2.45, 2.75) is 38.7 Å². The molecule has 0 aliphatic carbocycles. The van der Waals surface area contributed by atoms with Crippen LogP contribution in [-0.2, 0) is 14.3 Å². The molecule has 0 saturated carbocycles. The van der Waals surface area contributed by atoms with Gasteiger partial charge in [0.2, 0.25) is 5.76 Å². The minimum Gasteiger partial charge on any atom is -0.505 e. The standard InChI is InChI=1S/C12H18O5/c1-2-3-4-7-16-8-5-6-9-10(13)11(14)12(15)17-9/h5,8-9,13-14H,2-4,6-7H2,1H3. The zero-order chi connectivity index (χ0) is 12.7. The molecule has 1 unspecified atom stereocenters. The van der Waals surface area contributed by atoms with Gasteiger partial charge in [-0.2, -0.15) is 0 Å². The molecule has 1 atom stereocenters. The van der Waals surface area contributed by atoms with Crippen LogP contribution in [0.4, 0.5) is 0 Å². The van der Waals surface area contributed by atoms with E-state index >= 15 is 0 Å². The number of carbonyl (C=O) groups is 1. The molecule has 0 radical (unpaired) electrons. The largest absolute Gasteiger partial charge is 0.505 e. The van der Waals surface area contributed by atoms with E-state index < -0.39 is 23.6 Å². The maximum Gasteiger partial charge on any atom is 0.377 e. The van der Waals surface area contributed by atoms with Gasteiger partial charge in [-0.25, -0.2) is 4.79 Å². The summed E-state index contributed by atoms with van der Waals surface area (Å²) in [7, 11) is 0. The molecule has 17 heavy (non-hydrogen) atoms. The maximum absolute atomic E-state index is 10.9. The lowest BCUT2D eigenvalue weighted by atomic mass is 10.2. The third-order valence-electron chi connectivity index (χ3n) is 2.40. The number of aliphatic hydroxyl groups is 2. The van der Waals surface area contributed by atoms with Crippen molar-refractivity contribution in [2.75, 3.05) is 6.61 Å². The highest BCUT2D eigenvalue weighted by Gasteiger charge is 2.33. The fourth-order valence-corrected chi connectivity index (χ4v) is 1.41. The highest BCUT2D eigenvalue weighted by atomic mass is 16.6. The minimum atomic E-state index is -0.884. The zero-order valence-corrected chi connectivity index (χ0v) is 9.89. The topological polar surface area (TPSA) is 76.0 Å². The first-order valence-electron chi connectivity index (χ1n) is 5.76. The smallest absolute Gasteiger partial charge is 0.377 e. The summed E-state index contributed by atoms with van der Waals surface area (Å²) in [4.78, 5) is 10.9. The summed E-state index contributed by atoms with van der Waals surface area (Å²) in [6.07, 6.45) is 5.94. The third-order valence-corrected chi connectivity index (χ3v) is 2.40. The zero-order valence-electron chi connectivity index (χ0n) is 9.89. The van der Waals surface area contributed by atoms with Gasteiger partial charge in [0.15, 0.2) is 11.9 Å². The number of cyclic esters (lactones) is 1. The Bertz CT molecular complexity index is 319. The molecule has 0 aromatic heterocycles. The molecule has 5 nitrogen and oxygen atoms in total. The Kier molecular flexibility index (Phi) is 5.39. The van der Waals surface area contributed by atoms with Crippen molar-refractivity contribution >= 4 is 5.97 Å². The molecule has 0 aromatic carbocycles. The number of rotatable bonds is 7. The summed E-state index contributed by atoms with van der Waals surface area (Å²) in [5.74, 6) is -2.00. The number of unbranched alkanes of at least 4 members (excludes halogenated alkanes) is 2. The van der Waals surface area contributed by atoms with E-state index in [-0.39, 0.29) is 6.42 Å². The van der Waals surface area contributed by atoms with E-state index in [1.807, 2.05) is 0 Å². The second-order valence-electron chi connectivity index (χ2n) is 3.81. The van der Waals surface area contributed by atoms with Crippen LogP contribution in [0.2, 0.25) is 0 Å². The lowest BCUT2D eigenvalue weighted by Gasteiger charge is -2.06. The van der Waals surface area contributed by atoms with Crippen molar-refractivity contribution < 1.29 is 24.5 Å². The Balaban J connectivity index is 2.19. The number of hydrogen-bond donors (Lipinski definition) is 2. The molecule has 0 fully saturated rings. The van der Waals surface area contributed by atoms with Crippen LogP contribution in [0.15, 0.2) is 23.9 Å². The van der Waals surface area contributed by atoms with Gasteiger partial charge in [-0.05, 0) is 12.5 Å². The average molecular weight is 242 g/mol. The summed E-state index contributed by atoms with van der Waals surface area (Å²) in [5.41, 5.74) is 0. The summed E-state index contributed by atoms with van der Waals surface area (Å²) in [6, 6.07) is 0. The molecule has 5 heteroatoms. The quantitative estimate of drug-likeness (QED) is 0.407. The van der Waals surface area contributed by atoms with Crippen molar-refractivity contribution in [3.63, 3.8) is 0 Å². The number of hydrogen-bond acceptors (Lipinski definition) is 5. The van der Waals surface area contributed by atoms with E-state index in [1.165, 1.54) is 6.26 Å². The van der Waals surface area contributed by atoms with Crippen molar-refractivity contribution in [3.8, 4) is 0 Å². The lowest BCUT2D eigenvalue weighted by molar-refractivity contribution is -0.142. The van der Waals surface area contributed by atoms with Gasteiger partial charge in [-0.3, -0.25) is 0 Å². The van der Waals surface area contributed by atoms with E-state index in [0.29, 0.717) is 6.61 Å². The lowest BCUT2D eigenvalue weighted by Crippen LogP contribution is -2.10. The normalized spacial score (nSPS) is 20.1. The van der Waals surface area contributed by atoms with Gasteiger partial charge >= 0.3 is 5.97 Å². The average Bonchev–Trinajstić information content (AvgIpc) is 2.56. The predicted octanol–water partition coefficient (Wildman–Crippen LogP) is 2.35. The van der Waals surface area contributed by atoms with Crippen LogP contribution in [0.3, 0.4) is 0 Å². The van der Waals surface area contributed by atoms with E-state index in [0.717, 1.165) is 19.3 Å². The van der Waals surface area contributed by atoms with Crippen molar-refractivity contribution in [2.24, 2.45) is 0 Å². The van der Waals surface area contributed by atoms with E-state index in [4.69, 9.17) is 14.6 Å². The molecule has 0 spiro atoms. The summed E-state index contributed by atoms with van der Waals surface area (Å²) >= 11 is 0. The molecule has 1 aliphatic rings. The Morgan fingerprint density at radius 1 is 1.41 bits per heavy atom. The van der Waals surface area contributed by atoms with Gasteiger partial charge in [0.05, 0.1) is 12.9 Å². The van der Waals surface area contributed by atoms with E-state index in [9.17, 15) is 9.90 Å². The molecule has 0 bridgehead atoms. The number of ether oxygens (including phenoxy) is 2. The third kappa shape index (κ3) is 4.01. The molecule has 0 saturated heterocycles. The van der Waals surface area contributed by atoms with Crippen molar-refractivity contribution in [1.29, 1.82) is 0 Å². The molecule has 1 aliphatic heterocycles. The predicted molar refractivity (Wildman–Crippen MR) is 61.4 cm³/mol. The fraction of sp³-hybridized carbons (Fsp3) is 0.583. The Morgan fingerprint density at radius 2 is 2.18 bits per heavy atom. The van der Waals surface area contributed by atoms with E-state index in [1.54, 1.807) is 6.08 Å². The summed E-state index contributed by atoms with van der Waals surface area (Å²) < 4.78 is 9.91. The Labute approximate surface area is 100 Å². The van der Waals surface area contributed by atoms with Gasteiger partial charge in [0.25, 0.3) is 0 Å². The summed E-state index contributed by atoms with van der Waals surface area (Å²) in [5, 5.41) is 18.3. The molecule has 0 aromatic rings. The van der Waals surface area contributed by atoms with Gasteiger partial charge < -0.3 is 19.7 Å². The minimum absolute atomic E-state index is 0.287. The second kappa shape index (κ2) is 6.83. The van der Waals surface area contributed by atoms with Crippen LogP contribution in [0.25, 0.3) is 0 Å². The molecule has 2 N–H and O–H groups in total. The SMILES string of the molecule is CCCCCOC=CCC1OC(=O)C(O)=C1O. The first kappa shape index (κ1) is 13.4. The van der Waals surface area contributed by atoms with Crippen LogP contribution >= 0.6 is 0 Å². The number of esters is 1. The molecular formula is C12H18O5. The van der Waals surface area contributed by atoms with Gasteiger partial charge in [0.1, 0.15) is 0 Å². The number of aliphatic hydroxyl groups excluding tert-OH is 2. The van der Waals surface area contributed by atoms with Gasteiger partial charge in [-0.1, -0.05) is 19.8 Å². The molecule has 1 rings (SSSR count). The monoisotopic (exact) mass is 242 g/mol. The van der Waals surface area contributed by atoms with Crippen LogP contribution in [-0.4, -0.2) is 28.9 Å². The molecule has 0 amide bonds. The fourth-order valence-electron chi connectivity index (χ4n) is 1.41. The number of carbonyl (C=O) groups excluding carboxylic acids is 1. The summed E-state index contributed by atoms with van der Waals surface area (Å²) in [6.45, 7) is 2.77. The Hall–Kier alpha value is -1.65. The van der Waals surface area contributed by atoms with Crippen molar-refractivity contribution in [1.82, 2.24) is 0 Å². The molecular weight excluding hydrogens is 224 g/mol. The molecule has 96 valence electrons. The highest BCUT2D eigenvalue weighted by Crippen LogP contribution is 2.21. The van der Waals surface area contributed by atoms with Gasteiger partial charge in [0, 0.05) is 6.42 Å². The van der Waals surface area contributed by atoms with Crippen LogP contribution in [0.1, 0.15) is 32.6 Å². The van der Waals surface area contributed by atoms with E-state index in [2.05, 4.69) is 6.92 Å². The maximum atomic E-state index is 10.9. The Morgan fingerprint density at radius 3 is 2.76 bits per heavy atom. The van der Waals surface area contributed by atoms with Crippen LogP contribution in [0.5, 0.6) is 0 Å². The van der Waals surface area contributed by atoms with Crippen LogP contribution in [0, 0.1) is 0 Å². The highest BCUT2D eigenvalue weighted by molar-refractivity contribution is 5.89. The second-order valence-corrected chi connectivity index (χ2v) is 3.81. The van der Waals surface area contributed by atoms with Gasteiger partial charge in [-0.15, -0.1) is 0 Å². The first-order valence-corrected chi connectivity index (χ1v) is 5.76. The molecule has 1 heterocycles.